The summed E-state index contributed by atoms with van der Waals surface area (Å²) in [7, 11) is -3.21. The second-order valence-corrected chi connectivity index (χ2v) is 8.76. The van der Waals surface area contributed by atoms with E-state index in [1.165, 1.54) is 22.7 Å². The Kier molecular flexibility index (Phi) is 6.40. The van der Waals surface area contributed by atoms with Crippen LogP contribution in [-0.4, -0.2) is 62.1 Å². The van der Waals surface area contributed by atoms with Gasteiger partial charge < -0.3 is 10.2 Å². The lowest BCUT2D eigenvalue weighted by atomic mass is 9.96. The number of carbonyl (C=O) groups excluding carboxylic acids is 1. The third-order valence-electron chi connectivity index (χ3n) is 4.48. The molecule has 1 unspecified atom stereocenters. The minimum atomic E-state index is -3.21. The van der Waals surface area contributed by atoms with Gasteiger partial charge in [-0.25, -0.2) is 17.6 Å². The van der Waals surface area contributed by atoms with Crippen LogP contribution < -0.4 is 5.32 Å². The molecule has 1 N–H and O–H groups in total. The molecule has 1 fully saturated rings. The van der Waals surface area contributed by atoms with Crippen LogP contribution in [0.3, 0.4) is 0 Å². The Bertz CT molecular complexity index is 684. The van der Waals surface area contributed by atoms with Crippen molar-refractivity contribution in [2.75, 3.05) is 32.4 Å². The van der Waals surface area contributed by atoms with E-state index in [9.17, 15) is 17.6 Å². The van der Waals surface area contributed by atoms with Crippen LogP contribution in [0.1, 0.15) is 19.4 Å². The smallest absolute Gasteiger partial charge is 0.317 e. The van der Waals surface area contributed by atoms with Crippen LogP contribution in [0.15, 0.2) is 24.3 Å². The number of nitrogens with one attached hydrogen (secondary N) is 1. The number of amides is 2. The van der Waals surface area contributed by atoms with E-state index in [-0.39, 0.29) is 23.8 Å². The van der Waals surface area contributed by atoms with Gasteiger partial charge in [0.25, 0.3) is 0 Å². The van der Waals surface area contributed by atoms with Gasteiger partial charge >= 0.3 is 6.03 Å². The molecule has 0 bridgehead atoms. The second-order valence-electron chi connectivity index (χ2n) is 6.78. The van der Waals surface area contributed by atoms with Gasteiger partial charge in [0.15, 0.2) is 0 Å². The van der Waals surface area contributed by atoms with Crippen LogP contribution in [0.2, 0.25) is 0 Å². The van der Waals surface area contributed by atoms with Crippen molar-refractivity contribution in [3.63, 3.8) is 0 Å². The molecular formula is C17H26FN3O3S. The van der Waals surface area contributed by atoms with Crippen molar-refractivity contribution in [3.8, 4) is 0 Å². The molecule has 1 aliphatic rings. The second kappa shape index (κ2) is 8.14. The van der Waals surface area contributed by atoms with Crippen molar-refractivity contribution in [1.29, 1.82) is 0 Å². The van der Waals surface area contributed by atoms with Gasteiger partial charge in [0, 0.05) is 32.2 Å². The predicted molar refractivity (Wildman–Crippen MR) is 95.3 cm³/mol. The van der Waals surface area contributed by atoms with Crippen LogP contribution in [0.5, 0.6) is 0 Å². The summed E-state index contributed by atoms with van der Waals surface area (Å²) in [5.74, 6) is -0.0658. The molecule has 0 aliphatic carbocycles. The lowest BCUT2D eigenvalue weighted by Crippen LogP contribution is -2.55. The Hall–Kier alpha value is -1.67. The highest BCUT2D eigenvalue weighted by molar-refractivity contribution is 7.88. The summed E-state index contributed by atoms with van der Waals surface area (Å²) in [6, 6.07) is 6.02. The summed E-state index contributed by atoms with van der Waals surface area (Å²) >= 11 is 0. The maximum atomic E-state index is 13.0. The first kappa shape index (κ1) is 19.7. The Morgan fingerprint density at radius 3 is 2.20 bits per heavy atom. The Labute approximate surface area is 149 Å². The molecule has 25 heavy (non-hydrogen) atoms. The maximum Gasteiger partial charge on any atom is 0.317 e. The van der Waals surface area contributed by atoms with Crippen LogP contribution in [-0.2, 0) is 16.4 Å². The van der Waals surface area contributed by atoms with Crippen LogP contribution in [0, 0.1) is 11.7 Å². The number of halogens is 1. The molecule has 8 heteroatoms. The molecule has 6 nitrogen and oxygen atoms in total. The topological polar surface area (TPSA) is 69.7 Å². The molecule has 0 aromatic heterocycles. The van der Waals surface area contributed by atoms with Gasteiger partial charge in [0.1, 0.15) is 5.82 Å². The summed E-state index contributed by atoms with van der Waals surface area (Å²) in [5, 5.41) is 3.03. The van der Waals surface area contributed by atoms with Gasteiger partial charge in [-0.1, -0.05) is 26.0 Å². The van der Waals surface area contributed by atoms with Crippen molar-refractivity contribution in [3.05, 3.63) is 35.6 Å². The number of benzene rings is 1. The lowest BCUT2D eigenvalue weighted by Gasteiger charge is -2.35. The normalized spacial score (nSPS) is 17.6. The number of piperazine rings is 1. The fourth-order valence-electron chi connectivity index (χ4n) is 2.80. The molecule has 1 atom stereocenters. The summed E-state index contributed by atoms with van der Waals surface area (Å²) < 4.78 is 37.5. The minimum Gasteiger partial charge on any atom is -0.335 e. The molecule has 2 amide bonds. The maximum absolute atomic E-state index is 13.0. The molecule has 140 valence electrons. The molecule has 0 spiro atoms. The molecule has 1 saturated heterocycles. The first-order valence-corrected chi connectivity index (χ1v) is 10.3. The Morgan fingerprint density at radius 1 is 1.16 bits per heavy atom. The van der Waals surface area contributed by atoms with Crippen LogP contribution in [0.25, 0.3) is 0 Å². The molecule has 1 heterocycles. The average Bonchev–Trinajstić information content (AvgIpc) is 2.55. The zero-order valence-corrected chi connectivity index (χ0v) is 15.7. The monoisotopic (exact) mass is 371 g/mol. The van der Waals surface area contributed by atoms with Crippen LogP contribution in [0.4, 0.5) is 9.18 Å². The molecule has 1 aromatic carbocycles. The van der Waals surface area contributed by atoms with Crippen LogP contribution >= 0.6 is 0 Å². The molecule has 2 rings (SSSR count). The minimum absolute atomic E-state index is 0.0779. The number of hydrogen-bond donors (Lipinski definition) is 1. The number of urea groups is 1. The van der Waals surface area contributed by atoms with E-state index in [2.05, 4.69) is 5.32 Å². The first-order valence-electron chi connectivity index (χ1n) is 8.42. The van der Waals surface area contributed by atoms with E-state index in [0.29, 0.717) is 32.6 Å². The predicted octanol–water partition coefficient (Wildman–Crippen LogP) is 1.68. The number of sulfonamides is 1. The van der Waals surface area contributed by atoms with E-state index in [1.54, 1.807) is 17.0 Å². The quantitative estimate of drug-likeness (QED) is 0.856. The first-order chi connectivity index (χ1) is 11.7. The third kappa shape index (κ3) is 5.67. The molecule has 0 radical (unpaired) electrons. The zero-order chi connectivity index (χ0) is 18.6. The molecular weight excluding hydrogens is 345 g/mol. The third-order valence-corrected chi connectivity index (χ3v) is 5.78. The van der Waals surface area contributed by atoms with Gasteiger partial charge in [-0.2, -0.15) is 4.31 Å². The number of rotatable bonds is 5. The number of hydrogen-bond acceptors (Lipinski definition) is 3. The Morgan fingerprint density at radius 2 is 1.72 bits per heavy atom. The number of nitrogens with zero attached hydrogens (tertiary/aromatic N) is 2. The van der Waals surface area contributed by atoms with Gasteiger partial charge in [-0.15, -0.1) is 0 Å². The SMILES string of the molecule is CC(C)C(Cc1ccc(F)cc1)NC(=O)N1CCN(S(C)(=O)=O)CC1. The van der Waals surface area contributed by atoms with Crippen molar-refractivity contribution in [1.82, 2.24) is 14.5 Å². The van der Waals surface area contributed by atoms with Gasteiger partial charge in [-0.3, -0.25) is 0 Å². The van der Waals surface area contributed by atoms with Gasteiger partial charge in [-0.05, 0) is 30.0 Å². The summed E-state index contributed by atoms with van der Waals surface area (Å²) in [6.45, 7) is 5.43. The number of carbonyl (C=O) groups is 1. The lowest BCUT2D eigenvalue weighted by molar-refractivity contribution is 0.166. The summed E-state index contributed by atoms with van der Waals surface area (Å²) in [4.78, 5) is 14.1. The highest BCUT2D eigenvalue weighted by Gasteiger charge is 2.27. The van der Waals surface area contributed by atoms with Gasteiger partial charge in [0.2, 0.25) is 10.0 Å². The Balaban J connectivity index is 1.93. The molecule has 1 aliphatic heterocycles. The van der Waals surface area contributed by atoms with E-state index < -0.39 is 10.0 Å². The van der Waals surface area contributed by atoms with Crippen molar-refractivity contribution >= 4 is 16.1 Å². The molecule has 1 aromatic rings. The highest BCUT2D eigenvalue weighted by atomic mass is 32.2. The fraction of sp³-hybridized carbons (Fsp3) is 0.588. The van der Waals surface area contributed by atoms with E-state index >= 15 is 0 Å². The average molecular weight is 371 g/mol. The highest BCUT2D eigenvalue weighted by Crippen LogP contribution is 2.13. The summed E-state index contributed by atoms with van der Waals surface area (Å²) in [6.07, 6.45) is 1.80. The largest absolute Gasteiger partial charge is 0.335 e. The standard InChI is InChI=1S/C17H26FN3O3S/c1-13(2)16(12-14-4-6-15(18)7-5-14)19-17(22)20-8-10-21(11-9-20)25(3,23)24/h4-7,13,16H,8-12H2,1-3H3,(H,19,22). The van der Waals surface area contributed by atoms with E-state index in [4.69, 9.17) is 0 Å². The van der Waals surface area contributed by atoms with E-state index in [1.807, 2.05) is 13.8 Å². The fourth-order valence-corrected chi connectivity index (χ4v) is 3.63. The van der Waals surface area contributed by atoms with Crippen molar-refractivity contribution in [2.24, 2.45) is 5.92 Å². The summed E-state index contributed by atoms with van der Waals surface area (Å²) in [5.41, 5.74) is 0.960. The molecule has 0 saturated carbocycles. The van der Waals surface area contributed by atoms with Crippen molar-refractivity contribution < 1.29 is 17.6 Å². The van der Waals surface area contributed by atoms with Crippen molar-refractivity contribution in [2.45, 2.75) is 26.3 Å². The van der Waals surface area contributed by atoms with E-state index in [0.717, 1.165) is 5.56 Å². The zero-order valence-electron chi connectivity index (χ0n) is 14.9. The van der Waals surface area contributed by atoms with Gasteiger partial charge in [0.05, 0.1) is 6.26 Å².